The molecule has 2 aromatic rings. The third-order valence-corrected chi connectivity index (χ3v) is 2.50. The smallest absolute Gasteiger partial charge is 0.333 e. The lowest BCUT2D eigenvalue weighted by molar-refractivity contribution is 0.238. The molecule has 0 aliphatic heterocycles. The van der Waals surface area contributed by atoms with E-state index in [1.807, 2.05) is 0 Å². The van der Waals surface area contributed by atoms with Crippen molar-refractivity contribution in [1.29, 1.82) is 0 Å². The Morgan fingerprint density at radius 3 is 2.71 bits per heavy atom. The molecule has 1 aromatic heterocycles. The first-order valence-electron chi connectivity index (χ1n) is 3.65. The molecule has 6 nitrogen and oxygen atoms in total. The molecule has 0 radical (unpaired) electrons. The summed E-state index contributed by atoms with van der Waals surface area (Å²) in [6.07, 6.45) is 0. The van der Waals surface area contributed by atoms with Gasteiger partial charge in [-0.25, -0.2) is 0 Å². The van der Waals surface area contributed by atoms with Gasteiger partial charge in [0, 0.05) is 0 Å². The molecular weight excluding hydrogens is 208 g/mol. The first kappa shape index (κ1) is 9.13. The monoisotopic (exact) mass is 214 g/mol. The van der Waals surface area contributed by atoms with Crippen LogP contribution in [0.25, 0.3) is 11.1 Å². The Labute approximate surface area is 79.2 Å². The van der Waals surface area contributed by atoms with Gasteiger partial charge in [-0.15, -0.1) is 0 Å². The van der Waals surface area contributed by atoms with Crippen LogP contribution in [0.1, 0.15) is 0 Å². The van der Waals surface area contributed by atoms with Gasteiger partial charge in [-0.1, -0.05) is 17.0 Å². The van der Waals surface area contributed by atoms with Gasteiger partial charge in [-0.3, -0.25) is 0 Å². The summed E-state index contributed by atoms with van der Waals surface area (Å²) in [6.45, 7) is 0. The molecule has 0 saturated heterocycles. The molecule has 0 aliphatic carbocycles. The molecular formula is C7H6N2O4S. The van der Waals surface area contributed by atoms with Gasteiger partial charge in [0.15, 0.2) is 5.58 Å². The van der Waals surface area contributed by atoms with E-state index in [2.05, 4.69) is 4.98 Å². The SMILES string of the molecule is O=S(=O)(NO)c1nc2ccccc2o1. The van der Waals surface area contributed by atoms with Crippen molar-refractivity contribution < 1.29 is 18.0 Å². The summed E-state index contributed by atoms with van der Waals surface area (Å²) >= 11 is 0. The maximum absolute atomic E-state index is 11.1. The van der Waals surface area contributed by atoms with E-state index in [-0.39, 0.29) is 0 Å². The molecule has 0 unspecified atom stereocenters. The van der Waals surface area contributed by atoms with Crippen LogP contribution in [0, 0.1) is 0 Å². The number of rotatable bonds is 2. The van der Waals surface area contributed by atoms with E-state index in [4.69, 9.17) is 9.62 Å². The number of sulfonamides is 1. The minimum atomic E-state index is -4.03. The molecule has 0 atom stereocenters. The van der Waals surface area contributed by atoms with Gasteiger partial charge in [0.1, 0.15) is 5.52 Å². The number of oxazole rings is 1. The molecule has 0 bridgehead atoms. The van der Waals surface area contributed by atoms with Crippen molar-refractivity contribution >= 4 is 21.1 Å². The largest absolute Gasteiger partial charge is 0.427 e. The fraction of sp³-hybridized carbons (Fsp3) is 0. The van der Waals surface area contributed by atoms with E-state index in [1.165, 1.54) is 0 Å². The Kier molecular flexibility index (Phi) is 1.99. The van der Waals surface area contributed by atoms with Crippen molar-refractivity contribution in [1.82, 2.24) is 9.87 Å². The number of hydrogen-bond donors (Lipinski definition) is 2. The first-order chi connectivity index (χ1) is 6.63. The van der Waals surface area contributed by atoms with Gasteiger partial charge in [-0.05, 0) is 12.1 Å². The summed E-state index contributed by atoms with van der Waals surface area (Å²) in [7, 11) is -4.03. The molecule has 0 fully saturated rings. The number of fused-ring (bicyclic) bond motifs is 1. The lowest BCUT2D eigenvalue weighted by Crippen LogP contribution is -2.19. The van der Waals surface area contributed by atoms with E-state index in [9.17, 15) is 8.42 Å². The second-order valence-corrected chi connectivity index (χ2v) is 4.08. The van der Waals surface area contributed by atoms with Crippen LogP contribution < -0.4 is 4.89 Å². The van der Waals surface area contributed by atoms with Crippen LogP contribution >= 0.6 is 0 Å². The normalized spacial score (nSPS) is 12.1. The lowest BCUT2D eigenvalue weighted by Gasteiger charge is -1.91. The highest BCUT2D eigenvalue weighted by atomic mass is 32.2. The van der Waals surface area contributed by atoms with E-state index in [0.29, 0.717) is 11.1 Å². The van der Waals surface area contributed by atoms with Crippen molar-refractivity contribution in [2.45, 2.75) is 5.22 Å². The summed E-state index contributed by atoms with van der Waals surface area (Å²) in [6, 6.07) is 6.58. The second kappa shape index (κ2) is 3.05. The molecule has 2 rings (SSSR count). The molecule has 1 heterocycles. The average molecular weight is 214 g/mol. The zero-order valence-corrected chi connectivity index (χ0v) is 7.65. The lowest BCUT2D eigenvalue weighted by atomic mass is 10.3. The second-order valence-electron chi connectivity index (χ2n) is 2.54. The van der Waals surface area contributed by atoms with E-state index >= 15 is 0 Å². The zero-order valence-electron chi connectivity index (χ0n) is 6.84. The summed E-state index contributed by atoms with van der Waals surface area (Å²) < 4.78 is 27.0. The minimum absolute atomic E-state index is 0.348. The number of benzene rings is 1. The molecule has 1 aromatic carbocycles. The summed E-state index contributed by atoms with van der Waals surface area (Å²) in [5.74, 6) is 0. The summed E-state index contributed by atoms with van der Waals surface area (Å²) in [4.78, 5) is 4.81. The Bertz CT molecular complexity index is 527. The molecule has 0 saturated carbocycles. The fourth-order valence-electron chi connectivity index (χ4n) is 1.01. The number of aromatic nitrogens is 1. The Hall–Kier alpha value is -1.44. The quantitative estimate of drug-likeness (QED) is 0.710. The van der Waals surface area contributed by atoms with Gasteiger partial charge in [0.25, 0.3) is 0 Å². The van der Waals surface area contributed by atoms with E-state index < -0.39 is 15.2 Å². The van der Waals surface area contributed by atoms with Gasteiger partial charge in [0.2, 0.25) is 0 Å². The molecule has 0 aliphatic rings. The number of nitrogens with one attached hydrogen (secondary N) is 1. The number of hydrogen-bond acceptors (Lipinski definition) is 5. The maximum Gasteiger partial charge on any atom is 0.333 e. The third-order valence-electron chi connectivity index (χ3n) is 1.62. The maximum atomic E-state index is 11.1. The highest BCUT2D eigenvalue weighted by molar-refractivity contribution is 7.89. The predicted molar refractivity (Wildman–Crippen MR) is 46.1 cm³/mol. The predicted octanol–water partition coefficient (Wildman–Crippen LogP) is 0.495. The van der Waals surface area contributed by atoms with E-state index in [1.54, 1.807) is 24.3 Å². The topological polar surface area (TPSA) is 92.4 Å². The van der Waals surface area contributed by atoms with Crippen molar-refractivity contribution in [2.75, 3.05) is 0 Å². The molecule has 0 spiro atoms. The van der Waals surface area contributed by atoms with Crippen LogP contribution in [0.4, 0.5) is 0 Å². The standard InChI is InChI=1S/C7H6N2O4S/c10-9-14(11,12)7-8-5-3-1-2-4-6(5)13-7/h1-4,9-10H. The van der Waals surface area contributed by atoms with Gasteiger partial charge < -0.3 is 9.62 Å². The first-order valence-corrected chi connectivity index (χ1v) is 5.13. The number of para-hydroxylation sites is 2. The summed E-state index contributed by atoms with van der Waals surface area (Å²) in [5, 5.41) is 7.78. The zero-order chi connectivity index (χ0) is 10.2. The minimum Gasteiger partial charge on any atom is -0.427 e. The van der Waals surface area contributed by atoms with Crippen LogP contribution in [-0.2, 0) is 10.0 Å². The Morgan fingerprint density at radius 1 is 1.36 bits per heavy atom. The van der Waals surface area contributed by atoms with Crippen molar-refractivity contribution in [2.24, 2.45) is 0 Å². The molecule has 14 heavy (non-hydrogen) atoms. The van der Waals surface area contributed by atoms with Crippen LogP contribution in [0.15, 0.2) is 33.9 Å². The highest BCUT2D eigenvalue weighted by Gasteiger charge is 2.20. The Balaban J connectivity index is 2.67. The van der Waals surface area contributed by atoms with E-state index in [0.717, 1.165) is 4.89 Å². The summed E-state index contributed by atoms with van der Waals surface area (Å²) in [5.41, 5.74) is 0.766. The molecule has 2 N–H and O–H groups in total. The van der Waals surface area contributed by atoms with Crippen LogP contribution in [0.3, 0.4) is 0 Å². The molecule has 0 amide bonds. The molecule has 7 heteroatoms. The molecule has 74 valence electrons. The van der Waals surface area contributed by atoms with Crippen LogP contribution in [-0.4, -0.2) is 18.6 Å². The van der Waals surface area contributed by atoms with Crippen molar-refractivity contribution in [3.05, 3.63) is 24.3 Å². The van der Waals surface area contributed by atoms with Gasteiger partial charge >= 0.3 is 15.2 Å². The van der Waals surface area contributed by atoms with Crippen molar-refractivity contribution in [3.8, 4) is 0 Å². The van der Waals surface area contributed by atoms with Gasteiger partial charge in [-0.2, -0.15) is 13.4 Å². The van der Waals surface area contributed by atoms with Gasteiger partial charge in [0.05, 0.1) is 0 Å². The van der Waals surface area contributed by atoms with Crippen LogP contribution in [0.2, 0.25) is 0 Å². The number of nitrogens with zero attached hydrogens (tertiary/aromatic N) is 1. The average Bonchev–Trinajstić information content (AvgIpc) is 2.61. The fourth-order valence-corrected chi connectivity index (χ4v) is 1.50. The third kappa shape index (κ3) is 1.37. The van der Waals surface area contributed by atoms with Crippen molar-refractivity contribution in [3.63, 3.8) is 0 Å². The highest BCUT2D eigenvalue weighted by Crippen LogP contribution is 2.17. The van der Waals surface area contributed by atoms with Crippen LogP contribution in [0.5, 0.6) is 0 Å². The Morgan fingerprint density at radius 2 is 2.07 bits per heavy atom.